The van der Waals surface area contributed by atoms with Gasteiger partial charge in [0, 0.05) is 19.8 Å². The van der Waals surface area contributed by atoms with E-state index < -0.39 is 34.8 Å². The SMILES string of the molecule is CC(C)(C)OC(=O)NCC1OCCCC1(N)C(=O)O.CCC1OCCCC12NC(=O)CC2=O. The Morgan fingerprint density at radius 3 is 2.30 bits per heavy atom. The number of ketones is 1. The molecule has 4 unspecified atom stereocenters. The number of hydrogen-bond acceptors (Lipinski definition) is 8. The predicted octanol–water partition coefficient (Wildman–Crippen LogP) is 0.875. The molecule has 1 spiro atoms. The van der Waals surface area contributed by atoms with Crippen LogP contribution in [0.2, 0.25) is 0 Å². The molecule has 11 nitrogen and oxygen atoms in total. The fourth-order valence-corrected chi connectivity index (χ4v) is 4.35. The lowest BCUT2D eigenvalue weighted by Crippen LogP contribution is -2.63. The number of ether oxygens (including phenoxy) is 3. The van der Waals surface area contributed by atoms with Gasteiger partial charge in [-0.25, -0.2) is 4.79 Å². The highest BCUT2D eigenvalue weighted by molar-refractivity contribution is 6.10. The van der Waals surface area contributed by atoms with Crippen LogP contribution in [0.25, 0.3) is 0 Å². The lowest BCUT2D eigenvalue weighted by Gasteiger charge is -2.39. The normalized spacial score (nSPS) is 31.9. The zero-order valence-electron chi connectivity index (χ0n) is 19.9. The number of hydrogen-bond donors (Lipinski definition) is 4. The number of carboxylic acid groups (broad SMARTS) is 1. The van der Waals surface area contributed by atoms with Crippen LogP contribution in [0.15, 0.2) is 0 Å². The molecule has 4 atom stereocenters. The van der Waals surface area contributed by atoms with Crippen LogP contribution in [0.3, 0.4) is 0 Å². The number of nitrogens with one attached hydrogen (secondary N) is 2. The molecule has 3 aliphatic heterocycles. The van der Waals surface area contributed by atoms with Crippen LogP contribution in [0.1, 0.15) is 66.2 Å². The quantitative estimate of drug-likeness (QED) is 0.435. The summed E-state index contributed by atoms with van der Waals surface area (Å²) in [5.74, 6) is -1.27. The zero-order valence-corrected chi connectivity index (χ0v) is 19.9. The molecule has 3 heterocycles. The van der Waals surface area contributed by atoms with E-state index in [1.807, 2.05) is 6.92 Å². The Kier molecular flexibility index (Phi) is 8.83. The van der Waals surface area contributed by atoms with Gasteiger partial charge in [-0.2, -0.15) is 0 Å². The molecule has 0 radical (unpaired) electrons. The Hall–Kier alpha value is -2.24. The van der Waals surface area contributed by atoms with Crippen molar-refractivity contribution in [3.63, 3.8) is 0 Å². The van der Waals surface area contributed by atoms with Gasteiger partial charge in [0.1, 0.15) is 22.8 Å². The van der Waals surface area contributed by atoms with Crippen molar-refractivity contribution in [3.05, 3.63) is 0 Å². The minimum Gasteiger partial charge on any atom is -0.480 e. The average Bonchev–Trinajstić information content (AvgIpc) is 3.00. The summed E-state index contributed by atoms with van der Waals surface area (Å²) in [6.45, 7) is 8.36. The van der Waals surface area contributed by atoms with Crippen molar-refractivity contribution in [2.45, 2.75) is 95.1 Å². The molecule has 33 heavy (non-hydrogen) atoms. The number of Topliss-reactive ketones (excluding diaryl/α,β-unsaturated/α-hetero) is 1. The summed E-state index contributed by atoms with van der Waals surface area (Å²) in [6.07, 6.45) is 1.79. The highest BCUT2D eigenvalue weighted by Gasteiger charge is 2.52. The largest absolute Gasteiger partial charge is 0.480 e. The number of carbonyl (C=O) groups is 4. The number of carbonyl (C=O) groups excluding carboxylic acids is 3. The number of alkyl carbamates (subject to hydrolysis) is 1. The lowest BCUT2D eigenvalue weighted by atomic mass is 9.82. The summed E-state index contributed by atoms with van der Waals surface area (Å²) in [6, 6.07) is 0. The first-order valence-electron chi connectivity index (χ1n) is 11.4. The molecule has 0 aromatic carbocycles. The molecule has 3 saturated heterocycles. The highest BCUT2D eigenvalue weighted by atomic mass is 16.6. The van der Waals surface area contributed by atoms with E-state index in [-0.39, 0.29) is 30.8 Å². The molecule has 2 amide bonds. The lowest BCUT2D eigenvalue weighted by molar-refractivity contribution is -0.154. The van der Waals surface area contributed by atoms with E-state index in [2.05, 4.69) is 10.6 Å². The van der Waals surface area contributed by atoms with Crippen molar-refractivity contribution in [3.8, 4) is 0 Å². The van der Waals surface area contributed by atoms with Gasteiger partial charge in [0.15, 0.2) is 5.78 Å². The third kappa shape index (κ3) is 6.64. The summed E-state index contributed by atoms with van der Waals surface area (Å²) in [5, 5.41) is 14.5. The molecular formula is C22H37N3O8. The first kappa shape index (κ1) is 27.0. The fraction of sp³-hybridized carbons (Fsp3) is 0.818. The van der Waals surface area contributed by atoms with Crippen molar-refractivity contribution in [2.24, 2.45) is 5.73 Å². The monoisotopic (exact) mass is 471 g/mol. The molecule has 3 aliphatic rings. The van der Waals surface area contributed by atoms with Gasteiger partial charge in [-0.15, -0.1) is 0 Å². The minimum atomic E-state index is -1.47. The molecule has 3 fully saturated rings. The van der Waals surface area contributed by atoms with Gasteiger partial charge in [-0.1, -0.05) is 6.92 Å². The Balaban J connectivity index is 0.000000243. The second-order valence-electron chi connectivity index (χ2n) is 9.68. The zero-order chi connectivity index (χ0) is 24.9. The standard InChI is InChI=1S/C12H22N2O5.C10H15NO3/c1-11(2,3)19-10(17)14-7-8-12(13,9(15)16)5-4-6-18-8;1-2-8-10(4-3-5-14-8)7(12)6-9(13)11-10/h8H,4-7,13H2,1-3H3,(H,14,17)(H,15,16);8H,2-6H2,1H3,(H,11,13). The molecular weight excluding hydrogens is 434 g/mol. The van der Waals surface area contributed by atoms with Crippen molar-refractivity contribution in [2.75, 3.05) is 19.8 Å². The van der Waals surface area contributed by atoms with E-state index in [9.17, 15) is 24.3 Å². The van der Waals surface area contributed by atoms with E-state index in [4.69, 9.17) is 19.9 Å². The Labute approximate surface area is 194 Å². The Morgan fingerprint density at radius 1 is 1.18 bits per heavy atom. The molecule has 0 saturated carbocycles. The van der Waals surface area contributed by atoms with Crippen LogP contribution in [-0.2, 0) is 28.6 Å². The van der Waals surface area contributed by atoms with Crippen LogP contribution in [0, 0.1) is 0 Å². The number of rotatable bonds is 4. The van der Waals surface area contributed by atoms with E-state index in [1.54, 1.807) is 20.8 Å². The smallest absolute Gasteiger partial charge is 0.407 e. The van der Waals surface area contributed by atoms with Crippen molar-refractivity contribution >= 4 is 23.8 Å². The number of nitrogens with two attached hydrogens (primary N) is 1. The highest BCUT2D eigenvalue weighted by Crippen LogP contribution is 2.33. The predicted molar refractivity (Wildman–Crippen MR) is 118 cm³/mol. The average molecular weight is 472 g/mol. The first-order chi connectivity index (χ1) is 15.3. The van der Waals surface area contributed by atoms with Gasteiger partial charge in [0.25, 0.3) is 0 Å². The third-order valence-electron chi connectivity index (χ3n) is 5.99. The maximum absolute atomic E-state index is 11.8. The number of aliphatic carboxylic acids is 1. The molecule has 3 rings (SSSR count). The second-order valence-corrected chi connectivity index (χ2v) is 9.68. The third-order valence-corrected chi connectivity index (χ3v) is 5.99. The molecule has 0 bridgehead atoms. The van der Waals surface area contributed by atoms with Crippen LogP contribution >= 0.6 is 0 Å². The van der Waals surface area contributed by atoms with Gasteiger partial charge >= 0.3 is 12.1 Å². The van der Waals surface area contributed by atoms with Crippen LogP contribution in [0.5, 0.6) is 0 Å². The van der Waals surface area contributed by atoms with Crippen molar-refractivity contribution in [1.29, 1.82) is 0 Å². The number of carboxylic acids is 1. The van der Waals surface area contributed by atoms with Gasteiger partial charge in [-0.05, 0) is 52.9 Å². The maximum Gasteiger partial charge on any atom is 0.407 e. The van der Waals surface area contributed by atoms with Crippen LogP contribution < -0.4 is 16.4 Å². The Morgan fingerprint density at radius 2 is 1.79 bits per heavy atom. The maximum atomic E-state index is 11.8. The molecule has 188 valence electrons. The molecule has 0 aliphatic carbocycles. The van der Waals surface area contributed by atoms with Gasteiger partial charge in [0.2, 0.25) is 5.91 Å². The molecule has 5 N–H and O–H groups in total. The van der Waals surface area contributed by atoms with E-state index in [0.717, 1.165) is 19.3 Å². The fourth-order valence-electron chi connectivity index (χ4n) is 4.35. The van der Waals surface area contributed by atoms with E-state index in [1.165, 1.54) is 0 Å². The van der Waals surface area contributed by atoms with Gasteiger partial charge in [0.05, 0.1) is 12.5 Å². The van der Waals surface area contributed by atoms with Crippen molar-refractivity contribution in [1.82, 2.24) is 10.6 Å². The van der Waals surface area contributed by atoms with Gasteiger partial charge < -0.3 is 35.7 Å². The van der Waals surface area contributed by atoms with E-state index >= 15 is 0 Å². The molecule has 0 aromatic rings. The van der Waals surface area contributed by atoms with Crippen LogP contribution in [-0.4, -0.2) is 77.5 Å². The summed E-state index contributed by atoms with van der Waals surface area (Å²) in [5.41, 5.74) is 3.08. The van der Waals surface area contributed by atoms with E-state index in [0.29, 0.717) is 26.1 Å². The summed E-state index contributed by atoms with van der Waals surface area (Å²) >= 11 is 0. The van der Waals surface area contributed by atoms with Gasteiger partial charge in [-0.3, -0.25) is 14.4 Å². The number of amides is 2. The molecule has 0 aromatic heterocycles. The first-order valence-corrected chi connectivity index (χ1v) is 11.4. The topological polar surface area (TPSA) is 166 Å². The minimum absolute atomic E-state index is 0.00838. The molecule has 11 heteroatoms. The summed E-state index contributed by atoms with van der Waals surface area (Å²) < 4.78 is 16.0. The van der Waals surface area contributed by atoms with Crippen molar-refractivity contribution < 1.29 is 38.5 Å². The second kappa shape index (κ2) is 10.8. The Bertz CT molecular complexity index is 752. The summed E-state index contributed by atoms with van der Waals surface area (Å²) in [4.78, 5) is 45.7. The van der Waals surface area contributed by atoms with Crippen LogP contribution in [0.4, 0.5) is 4.79 Å². The summed E-state index contributed by atoms with van der Waals surface area (Å²) in [7, 11) is 0.